The fourth-order valence-electron chi connectivity index (χ4n) is 3.24. The summed E-state index contributed by atoms with van der Waals surface area (Å²) in [5.74, 6) is 0.338. The van der Waals surface area contributed by atoms with Crippen molar-refractivity contribution in [3.63, 3.8) is 0 Å². The van der Waals surface area contributed by atoms with Gasteiger partial charge in [-0.05, 0) is 37.4 Å². The Balaban J connectivity index is 1.60. The molecule has 1 amide bonds. The zero-order valence-corrected chi connectivity index (χ0v) is 12.4. The minimum absolute atomic E-state index is 0.338. The highest BCUT2D eigenvalue weighted by Crippen LogP contribution is 2.22. The summed E-state index contributed by atoms with van der Waals surface area (Å²) in [5.41, 5.74) is 1.18. The molecule has 0 aliphatic carbocycles. The number of rotatable bonds is 3. The second-order valence-corrected chi connectivity index (χ2v) is 6.10. The fraction of sp³-hybridized carbons (Fsp3) is 0.600. The Morgan fingerprint density at radius 1 is 1.30 bits per heavy atom. The zero-order chi connectivity index (χ0) is 13.9. The summed E-state index contributed by atoms with van der Waals surface area (Å²) in [5, 5.41) is 0.535. The molecule has 1 aromatic heterocycles. The second-order valence-electron chi connectivity index (χ2n) is 5.71. The number of piperidine rings is 1. The molecule has 3 heterocycles. The van der Waals surface area contributed by atoms with Gasteiger partial charge >= 0.3 is 0 Å². The van der Waals surface area contributed by atoms with Gasteiger partial charge in [0.15, 0.2) is 0 Å². The Morgan fingerprint density at radius 3 is 2.90 bits per heavy atom. The third-order valence-electron chi connectivity index (χ3n) is 4.23. The van der Waals surface area contributed by atoms with Gasteiger partial charge in [0.1, 0.15) is 5.15 Å². The van der Waals surface area contributed by atoms with Gasteiger partial charge in [-0.3, -0.25) is 9.69 Å². The first-order valence-electron chi connectivity index (χ1n) is 7.34. The Labute approximate surface area is 124 Å². The first kappa shape index (κ1) is 13.8. The van der Waals surface area contributed by atoms with Crippen LogP contribution >= 0.6 is 11.6 Å². The van der Waals surface area contributed by atoms with E-state index in [1.54, 1.807) is 0 Å². The number of aromatic nitrogens is 1. The Bertz CT molecular complexity index is 477. The molecular formula is C15H20ClN3O. The number of carbonyl (C=O) groups is 1. The summed E-state index contributed by atoms with van der Waals surface area (Å²) >= 11 is 5.81. The maximum atomic E-state index is 11.9. The highest BCUT2D eigenvalue weighted by atomic mass is 35.5. The first-order chi connectivity index (χ1) is 9.72. The van der Waals surface area contributed by atoms with Crippen molar-refractivity contribution in [3.8, 4) is 0 Å². The number of likely N-dealkylation sites (tertiary alicyclic amines) is 2. The van der Waals surface area contributed by atoms with Crippen molar-refractivity contribution in [2.45, 2.75) is 38.3 Å². The normalized spacial score (nSPS) is 24.4. The number of carbonyl (C=O) groups excluding carboxylic acids is 1. The highest BCUT2D eigenvalue weighted by Gasteiger charge is 2.31. The summed E-state index contributed by atoms with van der Waals surface area (Å²) in [7, 11) is 0. The molecule has 0 bridgehead atoms. The van der Waals surface area contributed by atoms with Crippen LogP contribution in [0, 0.1) is 0 Å². The molecule has 108 valence electrons. The topological polar surface area (TPSA) is 36.4 Å². The Morgan fingerprint density at radius 2 is 2.20 bits per heavy atom. The second kappa shape index (κ2) is 6.10. The third kappa shape index (κ3) is 3.13. The number of amides is 1. The van der Waals surface area contributed by atoms with Crippen molar-refractivity contribution in [3.05, 3.63) is 29.0 Å². The van der Waals surface area contributed by atoms with Gasteiger partial charge in [0.05, 0.1) is 0 Å². The molecule has 1 atom stereocenters. The van der Waals surface area contributed by atoms with Crippen LogP contribution in [-0.2, 0) is 11.3 Å². The van der Waals surface area contributed by atoms with Gasteiger partial charge in [0, 0.05) is 38.3 Å². The summed E-state index contributed by atoms with van der Waals surface area (Å²) < 4.78 is 0. The van der Waals surface area contributed by atoms with E-state index < -0.39 is 0 Å². The van der Waals surface area contributed by atoms with Gasteiger partial charge < -0.3 is 4.90 Å². The molecule has 2 aliphatic heterocycles. The van der Waals surface area contributed by atoms with Crippen molar-refractivity contribution in [2.24, 2.45) is 0 Å². The molecule has 2 aliphatic rings. The van der Waals surface area contributed by atoms with Crippen molar-refractivity contribution in [2.75, 3.05) is 19.6 Å². The molecular weight excluding hydrogens is 274 g/mol. The van der Waals surface area contributed by atoms with Crippen LogP contribution in [0.1, 0.15) is 31.2 Å². The van der Waals surface area contributed by atoms with Crippen molar-refractivity contribution < 1.29 is 4.79 Å². The number of nitrogens with zero attached hydrogens (tertiary/aromatic N) is 3. The number of halogens is 1. The molecule has 20 heavy (non-hydrogen) atoms. The maximum Gasteiger partial charge on any atom is 0.222 e. The van der Waals surface area contributed by atoms with Crippen LogP contribution in [0.4, 0.5) is 0 Å². The standard InChI is InChI=1S/C15H20ClN3O/c16-14-6-5-12(9-17-14)10-18-7-1-3-13(11-18)19-8-2-4-15(19)20/h5-6,9,13H,1-4,7-8,10-11H2. The van der Waals surface area contributed by atoms with Gasteiger partial charge in [-0.25, -0.2) is 4.98 Å². The van der Waals surface area contributed by atoms with E-state index in [1.807, 2.05) is 18.3 Å². The molecule has 2 fully saturated rings. The summed E-state index contributed by atoms with van der Waals surface area (Å²) in [6.45, 7) is 3.91. The molecule has 5 heteroatoms. The number of hydrogen-bond acceptors (Lipinski definition) is 3. The molecule has 0 radical (unpaired) electrons. The van der Waals surface area contributed by atoms with Crippen molar-refractivity contribution in [1.82, 2.24) is 14.8 Å². The SMILES string of the molecule is O=C1CCCN1C1CCCN(Cc2ccc(Cl)nc2)C1. The predicted molar refractivity (Wildman–Crippen MR) is 78.5 cm³/mol. The lowest BCUT2D eigenvalue weighted by molar-refractivity contribution is -0.130. The third-order valence-corrected chi connectivity index (χ3v) is 4.45. The van der Waals surface area contributed by atoms with E-state index >= 15 is 0 Å². The molecule has 1 aromatic rings. The zero-order valence-electron chi connectivity index (χ0n) is 11.6. The Hall–Kier alpha value is -1.13. The molecule has 4 nitrogen and oxygen atoms in total. The van der Waals surface area contributed by atoms with Crippen LogP contribution in [-0.4, -0.2) is 46.4 Å². The molecule has 3 rings (SSSR count). The molecule has 0 N–H and O–H groups in total. The average Bonchev–Trinajstić information content (AvgIpc) is 2.88. The molecule has 0 aromatic carbocycles. The lowest BCUT2D eigenvalue weighted by Gasteiger charge is -2.37. The van der Waals surface area contributed by atoms with Crippen LogP contribution < -0.4 is 0 Å². The lowest BCUT2D eigenvalue weighted by atomic mass is 10.0. The van der Waals surface area contributed by atoms with E-state index in [0.29, 0.717) is 17.1 Å². The number of hydrogen-bond donors (Lipinski definition) is 0. The van der Waals surface area contributed by atoms with E-state index in [1.165, 1.54) is 5.56 Å². The van der Waals surface area contributed by atoms with E-state index in [4.69, 9.17) is 11.6 Å². The van der Waals surface area contributed by atoms with Crippen LogP contribution in [0.15, 0.2) is 18.3 Å². The van der Waals surface area contributed by atoms with Crippen molar-refractivity contribution in [1.29, 1.82) is 0 Å². The smallest absolute Gasteiger partial charge is 0.222 e. The highest BCUT2D eigenvalue weighted by molar-refractivity contribution is 6.29. The minimum atomic E-state index is 0.338. The van der Waals surface area contributed by atoms with Crippen LogP contribution in [0.5, 0.6) is 0 Å². The van der Waals surface area contributed by atoms with Gasteiger partial charge in [-0.1, -0.05) is 17.7 Å². The van der Waals surface area contributed by atoms with Gasteiger partial charge in [0.2, 0.25) is 5.91 Å². The number of pyridine rings is 1. The monoisotopic (exact) mass is 293 g/mol. The molecule has 0 spiro atoms. The average molecular weight is 294 g/mol. The van der Waals surface area contributed by atoms with Gasteiger partial charge in [0.25, 0.3) is 0 Å². The maximum absolute atomic E-state index is 11.9. The largest absolute Gasteiger partial charge is 0.338 e. The molecule has 0 saturated carbocycles. The first-order valence-corrected chi connectivity index (χ1v) is 7.72. The van der Waals surface area contributed by atoms with E-state index in [0.717, 1.165) is 51.9 Å². The minimum Gasteiger partial charge on any atom is -0.338 e. The Kier molecular flexibility index (Phi) is 4.22. The lowest BCUT2D eigenvalue weighted by Crippen LogP contribution is -2.48. The van der Waals surface area contributed by atoms with Gasteiger partial charge in [-0.2, -0.15) is 0 Å². The van der Waals surface area contributed by atoms with Crippen LogP contribution in [0.3, 0.4) is 0 Å². The van der Waals surface area contributed by atoms with E-state index in [9.17, 15) is 4.79 Å². The van der Waals surface area contributed by atoms with Crippen LogP contribution in [0.25, 0.3) is 0 Å². The van der Waals surface area contributed by atoms with Gasteiger partial charge in [-0.15, -0.1) is 0 Å². The molecule has 1 unspecified atom stereocenters. The predicted octanol–water partition coefficient (Wildman–Crippen LogP) is 2.32. The van der Waals surface area contributed by atoms with Crippen molar-refractivity contribution >= 4 is 17.5 Å². The molecule has 2 saturated heterocycles. The van der Waals surface area contributed by atoms with Crippen LogP contribution in [0.2, 0.25) is 5.15 Å². The summed E-state index contributed by atoms with van der Waals surface area (Å²) in [6, 6.07) is 4.27. The summed E-state index contributed by atoms with van der Waals surface area (Å²) in [6.07, 6.45) is 5.90. The quantitative estimate of drug-likeness (QED) is 0.803. The fourth-order valence-corrected chi connectivity index (χ4v) is 3.35. The van der Waals surface area contributed by atoms with E-state index in [-0.39, 0.29) is 0 Å². The van der Waals surface area contributed by atoms with E-state index in [2.05, 4.69) is 14.8 Å². The summed E-state index contributed by atoms with van der Waals surface area (Å²) in [4.78, 5) is 20.5.